The van der Waals surface area contributed by atoms with Crippen molar-refractivity contribution >= 4 is 17.8 Å². The highest BCUT2D eigenvalue weighted by molar-refractivity contribution is 6.01. The Kier molecular flexibility index (Phi) is 10.5. The Morgan fingerprint density at radius 2 is 1.37 bits per heavy atom. The molecule has 9 nitrogen and oxygen atoms in total. The molecule has 0 saturated carbocycles. The standard InChI is InChI=1S/C34H38N2O7/c1-23(2)29(33(39)43-30(25-17-11-7-12-18-25)26-19-13-8-14-20-26)36-31(38)28(32(36)42-22-34(3,40-4)41-5)35-27(37)21-24-15-9-6-10-16-24/h6-20,28,30,32H,21-22H2,1-5H3,(H,35,37). The number of hydrogen-bond acceptors (Lipinski definition) is 7. The summed E-state index contributed by atoms with van der Waals surface area (Å²) in [7, 11) is 2.95. The maximum Gasteiger partial charge on any atom is 0.356 e. The molecule has 0 aliphatic carbocycles. The van der Waals surface area contributed by atoms with Crippen LogP contribution in [0.1, 0.15) is 43.6 Å². The second kappa shape index (κ2) is 14.2. The van der Waals surface area contributed by atoms with Gasteiger partial charge in [0.05, 0.1) is 6.42 Å². The number of hydrogen-bond donors (Lipinski definition) is 1. The Hall–Kier alpha value is -4.31. The van der Waals surface area contributed by atoms with Crippen LogP contribution in [0.25, 0.3) is 0 Å². The number of nitrogens with one attached hydrogen (secondary N) is 1. The molecule has 2 unspecified atom stereocenters. The molecular formula is C34H38N2O7. The van der Waals surface area contributed by atoms with E-state index in [0.717, 1.165) is 16.7 Å². The number of carbonyl (C=O) groups is 3. The molecule has 1 aliphatic rings. The molecule has 1 heterocycles. The molecule has 1 fully saturated rings. The van der Waals surface area contributed by atoms with Crippen molar-refractivity contribution in [1.82, 2.24) is 10.2 Å². The van der Waals surface area contributed by atoms with Gasteiger partial charge in [-0.25, -0.2) is 4.79 Å². The first-order valence-corrected chi connectivity index (χ1v) is 14.0. The third-order valence-corrected chi connectivity index (χ3v) is 7.28. The highest BCUT2D eigenvalue weighted by atomic mass is 16.7. The number of amides is 2. The van der Waals surface area contributed by atoms with E-state index in [-0.39, 0.29) is 24.6 Å². The number of likely N-dealkylation sites (tertiary alicyclic amines) is 1. The Labute approximate surface area is 252 Å². The van der Waals surface area contributed by atoms with Gasteiger partial charge in [-0.15, -0.1) is 0 Å². The van der Waals surface area contributed by atoms with Crippen LogP contribution >= 0.6 is 0 Å². The van der Waals surface area contributed by atoms with Crippen molar-refractivity contribution in [2.45, 2.75) is 51.4 Å². The molecule has 2 amide bonds. The molecule has 4 rings (SSSR count). The van der Waals surface area contributed by atoms with E-state index in [1.165, 1.54) is 19.1 Å². The summed E-state index contributed by atoms with van der Waals surface area (Å²) in [6.07, 6.45) is -1.65. The fourth-order valence-corrected chi connectivity index (χ4v) is 4.74. The lowest BCUT2D eigenvalue weighted by molar-refractivity contribution is -0.249. The molecule has 1 aliphatic heterocycles. The van der Waals surface area contributed by atoms with E-state index >= 15 is 0 Å². The lowest BCUT2D eigenvalue weighted by atomic mass is 9.99. The fraction of sp³-hybridized carbons (Fsp3) is 0.324. The average Bonchev–Trinajstić information content (AvgIpc) is 3.03. The van der Waals surface area contributed by atoms with Crippen molar-refractivity contribution in [3.05, 3.63) is 119 Å². The summed E-state index contributed by atoms with van der Waals surface area (Å²) in [5, 5.41) is 2.78. The summed E-state index contributed by atoms with van der Waals surface area (Å²) in [6.45, 7) is 5.04. The highest BCUT2D eigenvalue weighted by Crippen LogP contribution is 2.33. The molecule has 0 bridgehead atoms. The smallest absolute Gasteiger partial charge is 0.356 e. The Morgan fingerprint density at radius 1 is 0.860 bits per heavy atom. The minimum atomic E-state index is -1.12. The van der Waals surface area contributed by atoms with Gasteiger partial charge in [0.1, 0.15) is 12.3 Å². The summed E-state index contributed by atoms with van der Waals surface area (Å²) in [4.78, 5) is 41.7. The van der Waals surface area contributed by atoms with E-state index in [0.29, 0.717) is 5.57 Å². The maximum atomic E-state index is 13.9. The van der Waals surface area contributed by atoms with Crippen LogP contribution in [0.2, 0.25) is 0 Å². The first-order valence-electron chi connectivity index (χ1n) is 14.0. The van der Waals surface area contributed by atoms with Crippen LogP contribution < -0.4 is 5.32 Å². The summed E-state index contributed by atoms with van der Waals surface area (Å²) < 4.78 is 23.1. The second-order valence-corrected chi connectivity index (χ2v) is 10.6. The van der Waals surface area contributed by atoms with Crippen LogP contribution in [-0.2, 0) is 39.8 Å². The van der Waals surface area contributed by atoms with E-state index in [2.05, 4.69) is 5.32 Å². The van der Waals surface area contributed by atoms with Crippen molar-refractivity contribution in [1.29, 1.82) is 0 Å². The Bertz CT molecular complexity index is 1380. The van der Waals surface area contributed by atoms with E-state index in [9.17, 15) is 14.4 Å². The van der Waals surface area contributed by atoms with Gasteiger partial charge >= 0.3 is 5.97 Å². The third-order valence-electron chi connectivity index (χ3n) is 7.28. The van der Waals surface area contributed by atoms with E-state index in [4.69, 9.17) is 18.9 Å². The predicted octanol–water partition coefficient (Wildman–Crippen LogP) is 4.53. The van der Waals surface area contributed by atoms with Gasteiger partial charge in [-0.3, -0.25) is 14.5 Å². The fourth-order valence-electron chi connectivity index (χ4n) is 4.74. The maximum absolute atomic E-state index is 13.9. The largest absolute Gasteiger partial charge is 0.448 e. The highest BCUT2D eigenvalue weighted by Gasteiger charge is 2.53. The second-order valence-electron chi connectivity index (χ2n) is 10.6. The van der Waals surface area contributed by atoms with Gasteiger partial charge < -0.3 is 24.3 Å². The topological polar surface area (TPSA) is 103 Å². The van der Waals surface area contributed by atoms with Crippen LogP contribution in [0.3, 0.4) is 0 Å². The normalized spacial score (nSPS) is 16.4. The Balaban J connectivity index is 1.60. The van der Waals surface area contributed by atoms with Crippen LogP contribution in [0.4, 0.5) is 0 Å². The van der Waals surface area contributed by atoms with Gasteiger partial charge in [-0.2, -0.15) is 0 Å². The van der Waals surface area contributed by atoms with Gasteiger partial charge in [0, 0.05) is 14.2 Å². The monoisotopic (exact) mass is 586 g/mol. The summed E-state index contributed by atoms with van der Waals surface area (Å²) >= 11 is 0. The zero-order chi connectivity index (χ0) is 31.0. The molecule has 43 heavy (non-hydrogen) atoms. The van der Waals surface area contributed by atoms with E-state index < -0.39 is 36.0 Å². The number of nitrogens with zero attached hydrogens (tertiary/aromatic N) is 1. The lowest BCUT2D eigenvalue weighted by Crippen LogP contribution is -2.72. The van der Waals surface area contributed by atoms with Crippen LogP contribution in [0, 0.1) is 0 Å². The van der Waals surface area contributed by atoms with Crippen molar-refractivity contribution in [2.75, 3.05) is 20.8 Å². The third kappa shape index (κ3) is 7.56. The molecule has 226 valence electrons. The van der Waals surface area contributed by atoms with Gasteiger partial charge in [0.25, 0.3) is 5.91 Å². The number of allylic oxidation sites excluding steroid dienone is 1. The molecule has 1 N–H and O–H groups in total. The first kappa shape index (κ1) is 31.6. The van der Waals surface area contributed by atoms with E-state index in [1.807, 2.05) is 91.0 Å². The minimum absolute atomic E-state index is 0.0388. The van der Waals surface area contributed by atoms with Gasteiger partial charge in [0.2, 0.25) is 5.91 Å². The number of ether oxygens (including phenoxy) is 4. The SMILES string of the molecule is COC(C)(COC1C(NC(=O)Cc2ccccc2)C(=O)N1C(C(=O)OC(c1ccccc1)c1ccccc1)=C(C)C)OC. The molecular weight excluding hydrogens is 548 g/mol. The summed E-state index contributed by atoms with van der Waals surface area (Å²) in [5.41, 5.74) is 2.94. The van der Waals surface area contributed by atoms with Gasteiger partial charge in [-0.05, 0) is 43.0 Å². The number of carbonyl (C=O) groups excluding carboxylic acids is 3. The first-order chi connectivity index (χ1) is 20.7. The average molecular weight is 587 g/mol. The van der Waals surface area contributed by atoms with Crippen molar-refractivity contribution in [2.24, 2.45) is 0 Å². The molecule has 0 radical (unpaired) electrons. The van der Waals surface area contributed by atoms with Crippen LogP contribution in [0.15, 0.2) is 102 Å². The quantitative estimate of drug-likeness (QED) is 0.136. The number of β-lactam (4-membered cyclic amide) rings is 1. The number of methoxy groups -OCH3 is 2. The zero-order valence-electron chi connectivity index (χ0n) is 25.1. The summed E-state index contributed by atoms with van der Waals surface area (Å²) in [5.74, 6) is -2.67. The molecule has 0 aromatic heterocycles. The van der Waals surface area contributed by atoms with Crippen molar-refractivity contribution in [3.8, 4) is 0 Å². The molecule has 3 aromatic carbocycles. The molecule has 1 saturated heterocycles. The molecule has 3 aromatic rings. The van der Waals surface area contributed by atoms with Gasteiger partial charge in [0.15, 0.2) is 24.2 Å². The van der Waals surface area contributed by atoms with Crippen molar-refractivity contribution in [3.63, 3.8) is 0 Å². The predicted molar refractivity (Wildman–Crippen MR) is 160 cm³/mol. The summed E-state index contributed by atoms with van der Waals surface area (Å²) in [6, 6.07) is 26.9. The lowest BCUT2D eigenvalue weighted by Gasteiger charge is -2.47. The number of rotatable bonds is 13. The van der Waals surface area contributed by atoms with Gasteiger partial charge in [-0.1, -0.05) is 91.0 Å². The zero-order valence-corrected chi connectivity index (χ0v) is 25.1. The number of benzene rings is 3. The molecule has 2 atom stereocenters. The molecule has 9 heteroatoms. The minimum Gasteiger partial charge on any atom is -0.448 e. The molecule has 0 spiro atoms. The number of esters is 1. The Morgan fingerprint density at radius 3 is 1.86 bits per heavy atom. The van der Waals surface area contributed by atoms with Crippen molar-refractivity contribution < 1.29 is 33.3 Å². The van der Waals surface area contributed by atoms with Crippen LogP contribution in [0.5, 0.6) is 0 Å². The van der Waals surface area contributed by atoms with Crippen LogP contribution in [-0.4, -0.2) is 61.6 Å². The van der Waals surface area contributed by atoms with E-state index in [1.54, 1.807) is 20.8 Å².